The van der Waals surface area contributed by atoms with Crippen molar-refractivity contribution in [2.24, 2.45) is 0 Å². The van der Waals surface area contributed by atoms with Crippen molar-refractivity contribution in [3.8, 4) is 0 Å². The van der Waals surface area contributed by atoms with Gasteiger partial charge in [-0.3, -0.25) is 4.98 Å². The second-order valence-electron chi connectivity index (χ2n) is 6.60. The molecule has 0 saturated heterocycles. The summed E-state index contributed by atoms with van der Waals surface area (Å²) in [4.78, 5) is 4.38. The largest absolute Gasteiger partial charge is 0.383 e. The molecule has 0 bridgehead atoms. The molecule has 0 aliphatic heterocycles. The molecule has 4 heteroatoms. The molecule has 124 valence electrons. The Balaban J connectivity index is 1.66. The number of halogens is 1. The van der Waals surface area contributed by atoms with Crippen LogP contribution in [0.1, 0.15) is 19.4 Å². The average molecular weight is 340 g/mol. The molecule has 0 amide bonds. The second kappa shape index (κ2) is 7.20. The standard InChI is InChI=1S/C20H22ClN3/c1-20(2,24-13-15-6-4-3-5-7-15)14-23-18-10-11-22-19-12-16(21)8-9-17(18)19/h3-12,24H,13-14H2,1-2H3,(H,22,23). The molecule has 0 saturated carbocycles. The smallest absolute Gasteiger partial charge is 0.0737 e. The first-order chi connectivity index (χ1) is 11.5. The monoisotopic (exact) mass is 339 g/mol. The van der Waals surface area contributed by atoms with Crippen LogP contribution in [0.2, 0.25) is 5.02 Å². The van der Waals surface area contributed by atoms with E-state index in [1.54, 1.807) is 0 Å². The topological polar surface area (TPSA) is 37.0 Å². The van der Waals surface area contributed by atoms with E-state index in [0.29, 0.717) is 5.02 Å². The fourth-order valence-electron chi connectivity index (χ4n) is 2.59. The maximum atomic E-state index is 6.05. The van der Waals surface area contributed by atoms with Crippen LogP contribution in [-0.4, -0.2) is 17.1 Å². The number of nitrogens with zero attached hydrogens (tertiary/aromatic N) is 1. The highest BCUT2D eigenvalue weighted by Crippen LogP contribution is 2.24. The molecule has 2 aromatic carbocycles. The Morgan fingerprint density at radius 3 is 2.62 bits per heavy atom. The zero-order valence-electron chi connectivity index (χ0n) is 14.0. The van der Waals surface area contributed by atoms with E-state index in [4.69, 9.17) is 11.6 Å². The Kier molecular flexibility index (Phi) is 5.03. The number of rotatable bonds is 6. The van der Waals surface area contributed by atoms with Crippen LogP contribution < -0.4 is 10.6 Å². The van der Waals surface area contributed by atoms with Crippen molar-refractivity contribution < 1.29 is 0 Å². The van der Waals surface area contributed by atoms with Gasteiger partial charge in [0.1, 0.15) is 0 Å². The third kappa shape index (κ3) is 4.25. The van der Waals surface area contributed by atoms with E-state index in [2.05, 4.69) is 53.7 Å². The van der Waals surface area contributed by atoms with E-state index in [1.807, 2.05) is 36.5 Å². The van der Waals surface area contributed by atoms with Crippen molar-refractivity contribution in [3.05, 3.63) is 71.4 Å². The fraction of sp³-hybridized carbons (Fsp3) is 0.250. The number of anilines is 1. The maximum absolute atomic E-state index is 6.05. The number of hydrogen-bond acceptors (Lipinski definition) is 3. The van der Waals surface area contributed by atoms with Crippen molar-refractivity contribution in [1.82, 2.24) is 10.3 Å². The molecular weight excluding hydrogens is 318 g/mol. The number of pyridine rings is 1. The molecule has 1 aromatic heterocycles. The van der Waals surface area contributed by atoms with Gasteiger partial charge >= 0.3 is 0 Å². The molecule has 0 radical (unpaired) electrons. The lowest BCUT2D eigenvalue weighted by molar-refractivity contribution is 0.407. The van der Waals surface area contributed by atoms with E-state index in [1.165, 1.54) is 5.56 Å². The Bertz CT molecular complexity index is 815. The lowest BCUT2D eigenvalue weighted by Crippen LogP contribution is -2.44. The quantitative estimate of drug-likeness (QED) is 0.672. The predicted molar refractivity (Wildman–Crippen MR) is 103 cm³/mol. The van der Waals surface area contributed by atoms with Crippen LogP contribution in [0.15, 0.2) is 60.8 Å². The lowest BCUT2D eigenvalue weighted by atomic mass is 10.0. The summed E-state index contributed by atoms with van der Waals surface area (Å²) >= 11 is 6.05. The molecule has 24 heavy (non-hydrogen) atoms. The molecule has 0 atom stereocenters. The first-order valence-corrected chi connectivity index (χ1v) is 8.48. The van der Waals surface area contributed by atoms with Crippen molar-refractivity contribution in [1.29, 1.82) is 0 Å². The molecule has 0 unspecified atom stereocenters. The first-order valence-electron chi connectivity index (χ1n) is 8.11. The minimum Gasteiger partial charge on any atom is -0.383 e. The van der Waals surface area contributed by atoms with Gasteiger partial charge in [0.2, 0.25) is 0 Å². The van der Waals surface area contributed by atoms with Crippen LogP contribution >= 0.6 is 11.6 Å². The van der Waals surface area contributed by atoms with Gasteiger partial charge in [0, 0.05) is 40.9 Å². The molecule has 0 spiro atoms. The van der Waals surface area contributed by atoms with Gasteiger partial charge in [0.25, 0.3) is 0 Å². The van der Waals surface area contributed by atoms with Crippen LogP contribution in [-0.2, 0) is 6.54 Å². The highest BCUT2D eigenvalue weighted by atomic mass is 35.5. The highest BCUT2D eigenvalue weighted by Gasteiger charge is 2.17. The van der Waals surface area contributed by atoms with E-state index in [0.717, 1.165) is 29.7 Å². The van der Waals surface area contributed by atoms with Crippen LogP contribution in [0.4, 0.5) is 5.69 Å². The number of benzene rings is 2. The van der Waals surface area contributed by atoms with Gasteiger partial charge in [-0.15, -0.1) is 0 Å². The van der Waals surface area contributed by atoms with Gasteiger partial charge in [-0.1, -0.05) is 41.9 Å². The van der Waals surface area contributed by atoms with Crippen molar-refractivity contribution >= 4 is 28.2 Å². The molecule has 0 aliphatic carbocycles. The van der Waals surface area contributed by atoms with Gasteiger partial charge in [-0.2, -0.15) is 0 Å². The molecular formula is C20H22ClN3. The maximum Gasteiger partial charge on any atom is 0.0737 e. The number of aromatic nitrogens is 1. The summed E-state index contributed by atoms with van der Waals surface area (Å²) in [6.07, 6.45) is 1.81. The molecule has 1 heterocycles. The van der Waals surface area contributed by atoms with Crippen molar-refractivity contribution in [3.63, 3.8) is 0 Å². The molecule has 2 N–H and O–H groups in total. The van der Waals surface area contributed by atoms with Crippen molar-refractivity contribution in [2.75, 3.05) is 11.9 Å². The predicted octanol–water partition coefficient (Wildman–Crippen LogP) is 4.87. The fourth-order valence-corrected chi connectivity index (χ4v) is 2.76. The Morgan fingerprint density at radius 2 is 1.83 bits per heavy atom. The van der Waals surface area contributed by atoms with E-state index in [-0.39, 0.29) is 5.54 Å². The van der Waals surface area contributed by atoms with Gasteiger partial charge in [0.05, 0.1) is 5.52 Å². The SMILES string of the molecule is CC(C)(CNc1ccnc2cc(Cl)ccc12)NCc1ccccc1. The Morgan fingerprint density at radius 1 is 1.04 bits per heavy atom. The number of fused-ring (bicyclic) bond motifs is 1. The summed E-state index contributed by atoms with van der Waals surface area (Å²) in [5.41, 5.74) is 3.22. The van der Waals surface area contributed by atoms with Crippen LogP contribution in [0, 0.1) is 0 Å². The summed E-state index contributed by atoms with van der Waals surface area (Å²) in [5, 5.41) is 8.93. The number of hydrogen-bond donors (Lipinski definition) is 2. The third-order valence-corrected chi connectivity index (χ3v) is 4.27. The first kappa shape index (κ1) is 16.7. The van der Waals surface area contributed by atoms with E-state index >= 15 is 0 Å². The van der Waals surface area contributed by atoms with E-state index in [9.17, 15) is 0 Å². The van der Waals surface area contributed by atoms with Crippen LogP contribution in [0.25, 0.3) is 10.9 Å². The summed E-state index contributed by atoms with van der Waals surface area (Å²) in [6.45, 7) is 6.05. The van der Waals surface area contributed by atoms with Gasteiger partial charge < -0.3 is 10.6 Å². The summed E-state index contributed by atoms with van der Waals surface area (Å²) in [6, 6.07) is 18.2. The van der Waals surface area contributed by atoms with Crippen LogP contribution in [0.5, 0.6) is 0 Å². The van der Waals surface area contributed by atoms with Gasteiger partial charge in [-0.25, -0.2) is 0 Å². The molecule has 3 aromatic rings. The minimum absolute atomic E-state index is 0.0438. The zero-order valence-corrected chi connectivity index (χ0v) is 14.8. The van der Waals surface area contributed by atoms with Gasteiger partial charge in [0.15, 0.2) is 0 Å². The Labute approximate surface area is 148 Å². The number of nitrogens with one attached hydrogen (secondary N) is 2. The third-order valence-electron chi connectivity index (χ3n) is 4.04. The lowest BCUT2D eigenvalue weighted by Gasteiger charge is -2.27. The van der Waals surface area contributed by atoms with Crippen LogP contribution in [0.3, 0.4) is 0 Å². The molecule has 3 rings (SSSR count). The highest BCUT2D eigenvalue weighted by molar-refractivity contribution is 6.31. The van der Waals surface area contributed by atoms with Crippen molar-refractivity contribution in [2.45, 2.75) is 25.9 Å². The van der Waals surface area contributed by atoms with E-state index < -0.39 is 0 Å². The molecule has 0 aliphatic rings. The van der Waals surface area contributed by atoms with Gasteiger partial charge in [-0.05, 0) is 43.7 Å². The minimum atomic E-state index is -0.0438. The summed E-state index contributed by atoms with van der Waals surface area (Å²) in [5.74, 6) is 0. The summed E-state index contributed by atoms with van der Waals surface area (Å²) in [7, 11) is 0. The average Bonchev–Trinajstić information content (AvgIpc) is 2.59. The summed E-state index contributed by atoms with van der Waals surface area (Å²) < 4.78 is 0. The molecule has 0 fully saturated rings. The normalized spacial score (nSPS) is 11.6. The molecule has 3 nitrogen and oxygen atoms in total. The zero-order chi connectivity index (χ0) is 17.0. The Hall–Kier alpha value is -2.10. The second-order valence-corrected chi connectivity index (χ2v) is 7.03.